The van der Waals surface area contributed by atoms with Gasteiger partial charge in [0.25, 0.3) is 0 Å². The molecule has 0 aliphatic carbocycles. The molecule has 1 aliphatic heterocycles. The highest BCUT2D eigenvalue weighted by molar-refractivity contribution is 8.05. The topological polar surface area (TPSA) is 23.5 Å². The van der Waals surface area contributed by atoms with Gasteiger partial charge in [-0.15, -0.1) is 0 Å². The molecule has 1 N–H and O–H groups in total. The molecular weight excluding hydrogens is 178 g/mol. The van der Waals surface area contributed by atoms with Crippen molar-refractivity contribution in [2.75, 3.05) is 0 Å². The van der Waals surface area contributed by atoms with Gasteiger partial charge in [0.2, 0.25) is 0 Å². The second-order valence-corrected chi connectivity index (χ2v) is 4.02. The fourth-order valence-electron chi connectivity index (χ4n) is 1.05. The van der Waals surface area contributed by atoms with Crippen LogP contribution in [0.15, 0.2) is 29.2 Å². The van der Waals surface area contributed by atoms with Crippen molar-refractivity contribution < 1.29 is 5.11 Å². The Morgan fingerprint density at radius 1 is 1.45 bits per heavy atom. The van der Waals surface area contributed by atoms with Crippen LogP contribution in [0, 0.1) is 0 Å². The number of benzene rings is 1. The minimum absolute atomic E-state index is 0.570. The van der Waals surface area contributed by atoms with Crippen LogP contribution in [0.3, 0.4) is 0 Å². The summed E-state index contributed by atoms with van der Waals surface area (Å²) in [7, 11) is 0. The molecule has 58 valence electrons. The average molecular weight is 185 g/mol. The predicted octanol–water partition coefficient (Wildman–Crippen LogP) is 1.85. The van der Waals surface area contributed by atoms with Crippen molar-refractivity contribution in [2.45, 2.75) is 11.1 Å². The Hall–Kier alpha value is -0.160. The average Bonchev–Trinajstić information content (AvgIpc) is 2.30. The molecule has 0 bridgehead atoms. The molecule has 0 amide bonds. The molecule has 11 heavy (non-hydrogen) atoms. The summed E-state index contributed by atoms with van der Waals surface area (Å²) in [6.07, 6.45) is -0.570. The van der Waals surface area contributed by atoms with Crippen molar-refractivity contribution in [3.63, 3.8) is 0 Å². The van der Waals surface area contributed by atoms with Gasteiger partial charge in [-0.25, -0.2) is 0 Å². The highest BCUT2D eigenvalue weighted by Crippen LogP contribution is 2.43. The van der Waals surface area contributed by atoms with E-state index in [1.807, 2.05) is 24.3 Å². The Labute approximate surface area is 74.9 Å². The largest absolute Gasteiger partial charge is 0.372 e. The van der Waals surface area contributed by atoms with E-state index < -0.39 is 6.23 Å². The molecule has 0 saturated carbocycles. The van der Waals surface area contributed by atoms with E-state index in [0.717, 1.165) is 10.5 Å². The SMILES string of the molecule is OC1c2ccccc2SN1S. The molecule has 1 aromatic rings. The van der Waals surface area contributed by atoms with Crippen LogP contribution in [-0.4, -0.2) is 8.82 Å². The molecule has 4 heteroatoms. The first kappa shape index (κ1) is 7.49. The van der Waals surface area contributed by atoms with Crippen LogP contribution in [0.4, 0.5) is 0 Å². The van der Waals surface area contributed by atoms with Crippen LogP contribution in [0.1, 0.15) is 11.8 Å². The van der Waals surface area contributed by atoms with Crippen LogP contribution < -0.4 is 0 Å². The minimum Gasteiger partial charge on any atom is -0.372 e. The minimum atomic E-state index is -0.570. The van der Waals surface area contributed by atoms with E-state index in [2.05, 4.69) is 12.8 Å². The Morgan fingerprint density at radius 2 is 2.18 bits per heavy atom. The van der Waals surface area contributed by atoms with Crippen LogP contribution in [-0.2, 0) is 0 Å². The highest BCUT2D eigenvalue weighted by atomic mass is 32.2. The van der Waals surface area contributed by atoms with Gasteiger partial charge in [0.05, 0.1) is 0 Å². The van der Waals surface area contributed by atoms with E-state index in [-0.39, 0.29) is 0 Å². The van der Waals surface area contributed by atoms with Crippen LogP contribution >= 0.6 is 24.8 Å². The molecule has 2 nitrogen and oxygen atoms in total. The van der Waals surface area contributed by atoms with Crippen molar-refractivity contribution in [1.29, 1.82) is 0 Å². The molecule has 0 aromatic heterocycles. The van der Waals surface area contributed by atoms with Gasteiger partial charge in [-0.05, 0) is 18.0 Å². The van der Waals surface area contributed by atoms with E-state index >= 15 is 0 Å². The molecule has 0 radical (unpaired) electrons. The zero-order chi connectivity index (χ0) is 7.84. The number of thiol groups is 1. The van der Waals surface area contributed by atoms with Crippen molar-refractivity contribution >= 4 is 24.8 Å². The Balaban J connectivity index is 2.47. The molecular formula is C7H7NOS2. The molecule has 0 spiro atoms. The second-order valence-electron chi connectivity index (χ2n) is 2.31. The maximum absolute atomic E-state index is 9.48. The van der Waals surface area contributed by atoms with Gasteiger partial charge in [-0.1, -0.05) is 31.0 Å². The van der Waals surface area contributed by atoms with Gasteiger partial charge in [-0.3, -0.25) is 0 Å². The summed E-state index contributed by atoms with van der Waals surface area (Å²) in [5, 5.41) is 9.48. The maximum Gasteiger partial charge on any atom is 0.153 e. The summed E-state index contributed by atoms with van der Waals surface area (Å²) in [4.78, 5) is 1.08. The van der Waals surface area contributed by atoms with Crippen molar-refractivity contribution in [2.24, 2.45) is 0 Å². The summed E-state index contributed by atoms with van der Waals surface area (Å²) in [6.45, 7) is 0. The fourth-order valence-corrected chi connectivity index (χ4v) is 2.27. The Kier molecular flexibility index (Phi) is 1.85. The summed E-state index contributed by atoms with van der Waals surface area (Å²) < 4.78 is 1.53. The second kappa shape index (κ2) is 2.71. The first-order valence-corrected chi connectivity index (χ1v) is 4.39. The summed E-state index contributed by atoms with van der Waals surface area (Å²) >= 11 is 5.53. The number of aliphatic hydroxyl groups is 1. The van der Waals surface area contributed by atoms with Crippen LogP contribution in [0.5, 0.6) is 0 Å². The molecule has 0 fully saturated rings. The standard InChI is InChI=1S/C7H7NOS2/c9-7-5-3-1-2-4-6(5)11-8(7)10/h1-4,7,9-10H. The third kappa shape index (κ3) is 1.16. The smallest absolute Gasteiger partial charge is 0.153 e. The lowest BCUT2D eigenvalue weighted by Crippen LogP contribution is -2.04. The first-order valence-electron chi connectivity index (χ1n) is 3.22. The van der Waals surface area contributed by atoms with E-state index in [0.29, 0.717) is 0 Å². The van der Waals surface area contributed by atoms with Gasteiger partial charge in [0.1, 0.15) is 0 Å². The molecule has 1 atom stereocenters. The molecule has 1 heterocycles. The third-order valence-corrected chi connectivity index (χ3v) is 3.02. The maximum atomic E-state index is 9.48. The lowest BCUT2D eigenvalue weighted by atomic mass is 10.2. The quantitative estimate of drug-likeness (QED) is 0.476. The fraction of sp³-hybridized carbons (Fsp3) is 0.143. The zero-order valence-electron chi connectivity index (χ0n) is 5.64. The van der Waals surface area contributed by atoms with E-state index in [1.54, 1.807) is 0 Å². The van der Waals surface area contributed by atoms with Gasteiger partial charge in [0.15, 0.2) is 6.23 Å². The number of hydrogen-bond acceptors (Lipinski definition) is 4. The lowest BCUT2D eigenvalue weighted by molar-refractivity contribution is 0.127. The number of nitrogens with zero attached hydrogens (tertiary/aromatic N) is 1. The lowest BCUT2D eigenvalue weighted by Gasteiger charge is -2.09. The number of hydrogen-bond donors (Lipinski definition) is 2. The van der Waals surface area contributed by atoms with Gasteiger partial charge < -0.3 is 5.11 Å². The molecule has 1 aliphatic rings. The predicted molar refractivity (Wildman–Crippen MR) is 48.1 cm³/mol. The molecule has 1 unspecified atom stereocenters. The van der Waals surface area contributed by atoms with Crippen LogP contribution in [0.25, 0.3) is 0 Å². The monoisotopic (exact) mass is 185 g/mol. The Bertz CT molecular complexity index is 279. The van der Waals surface area contributed by atoms with Gasteiger partial charge >= 0.3 is 0 Å². The molecule has 0 saturated heterocycles. The van der Waals surface area contributed by atoms with Gasteiger partial charge in [0, 0.05) is 10.5 Å². The van der Waals surface area contributed by atoms with Crippen LogP contribution in [0.2, 0.25) is 0 Å². The third-order valence-electron chi connectivity index (χ3n) is 1.60. The highest BCUT2D eigenvalue weighted by Gasteiger charge is 2.26. The molecule has 1 aromatic carbocycles. The number of rotatable bonds is 0. The summed E-state index contributed by atoms with van der Waals surface area (Å²) in [5.41, 5.74) is 0.938. The summed E-state index contributed by atoms with van der Waals surface area (Å²) in [5.74, 6) is 0. The van der Waals surface area contributed by atoms with Crippen molar-refractivity contribution in [3.8, 4) is 0 Å². The zero-order valence-corrected chi connectivity index (χ0v) is 7.35. The number of fused-ring (bicyclic) bond motifs is 1. The summed E-state index contributed by atoms with van der Waals surface area (Å²) in [6, 6.07) is 7.74. The van der Waals surface area contributed by atoms with Gasteiger partial charge in [-0.2, -0.15) is 3.71 Å². The normalized spacial score (nSPS) is 23.6. The van der Waals surface area contributed by atoms with Crippen molar-refractivity contribution in [3.05, 3.63) is 29.8 Å². The number of aliphatic hydroxyl groups excluding tert-OH is 1. The van der Waals surface area contributed by atoms with E-state index in [1.165, 1.54) is 15.7 Å². The van der Waals surface area contributed by atoms with E-state index in [9.17, 15) is 5.11 Å². The molecule has 2 rings (SSSR count). The first-order chi connectivity index (χ1) is 5.29. The van der Waals surface area contributed by atoms with Crippen molar-refractivity contribution in [1.82, 2.24) is 3.71 Å². The Morgan fingerprint density at radius 3 is 2.91 bits per heavy atom. The van der Waals surface area contributed by atoms with E-state index in [4.69, 9.17) is 0 Å².